The van der Waals surface area contributed by atoms with Gasteiger partial charge in [0.1, 0.15) is 13.2 Å². The molecule has 0 radical (unpaired) electrons. The summed E-state index contributed by atoms with van der Waals surface area (Å²) in [6, 6.07) is -0.848. The van der Waals surface area contributed by atoms with Gasteiger partial charge in [0.2, 0.25) is 5.91 Å². The molecule has 3 N–H and O–H groups in total. The first-order valence-corrected chi connectivity index (χ1v) is 43.5. The second-order valence-corrected chi connectivity index (χ2v) is 31.7. The molecular weight excluding hydrogens is 1180 g/mol. The fourth-order valence-electron chi connectivity index (χ4n) is 13.1. The van der Waals surface area contributed by atoms with E-state index in [4.69, 9.17) is 9.05 Å². The Bertz CT molecular complexity index is 1680. The standard InChI is InChI=1S/C85H165N2O6P/c1-6-8-10-12-14-16-18-20-22-24-26-28-30-32-34-36-38-39-40-41-42-43-44-45-46-47-49-51-53-55-57-59-61-63-65-67-69-71-73-75-77-79-85(89)86-83(82-93-94(90,91)92-81-80-87(3,4)5)84(88)78-76-74-72-70-68-66-64-62-60-58-56-54-52-50-48-37-35-33-31-29-27-25-23-21-19-17-15-13-11-9-7-2/h18,20,24,26,30,32,76,78,83-84,88H,6-17,19,21-23,25,27-29,31,33-75,77,79-82H2,1-5H3,(H-,86,89,90,91)/p+1/b20-18-,26-24-,32-30-,78-76+. The lowest BCUT2D eigenvalue weighted by Crippen LogP contribution is -2.45. The molecule has 3 unspecified atom stereocenters. The van der Waals surface area contributed by atoms with Crippen molar-refractivity contribution in [3.8, 4) is 0 Å². The maximum atomic E-state index is 13.1. The Labute approximate surface area is 588 Å². The highest BCUT2D eigenvalue weighted by Gasteiger charge is 2.28. The molecule has 0 fully saturated rings. The number of nitrogens with zero attached hydrogens (tertiary/aromatic N) is 1. The Balaban J connectivity index is 3.90. The molecular formula is C85H166N2O6P+. The van der Waals surface area contributed by atoms with Crippen LogP contribution >= 0.6 is 7.82 Å². The Morgan fingerprint density at radius 3 is 0.883 bits per heavy atom. The van der Waals surface area contributed by atoms with Gasteiger partial charge in [-0.1, -0.05) is 422 Å². The third-order valence-electron chi connectivity index (χ3n) is 19.5. The molecule has 0 saturated carbocycles. The SMILES string of the molecule is CCCCCCC/C=C\C/C=C\C/C=C\CCCCCCCCCCCCCCCCCCCCCCCCCCCCC(=O)NC(COP(=O)(O)OCC[N+](C)(C)C)C(O)/C=C/CCCCCCCCCCCCCCCCCCCCCCCCCCCCCCC. The first kappa shape index (κ1) is 92.5. The number of quaternary nitrogens is 1. The van der Waals surface area contributed by atoms with Crippen molar-refractivity contribution in [1.82, 2.24) is 5.32 Å². The van der Waals surface area contributed by atoms with E-state index < -0.39 is 20.0 Å². The molecule has 0 spiro atoms. The molecule has 0 aromatic rings. The Kier molecular flexibility index (Phi) is 74.4. The van der Waals surface area contributed by atoms with Crippen LogP contribution in [-0.2, 0) is 18.4 Å². The predicted octanol–water partition coefficient (Wildman–Crippen LogP) is 27.7. The number of carbonyl (C=O) groups excluding carboxylic acids is 1. The minimum absolute atomic E-state index is 0.0639. The van der Waals surface area contributed by atoms with Crippen molar-refractivity contribution in [3.63, 3.8) is 0 Å². The zero-order chi connectivity index (χ0) is 68.3. The lowest BCUT2D eigenvalue weighted by molar-refractivity contribution is -0.870. The molecule has 0 heterocycles. The van der Waals surface area contributed by atoms with Crippen LogP contribution in [0.1, 0.15) is 438 Å². The van der Waals surface area contributed by atoms with Crippen LogP contribution in [0.15, 0.2) is 48.6 Å². The fraction of sp³-hybridized carbons (Fsp3) is 0.894. The van der Waals surface area contributed by atoms with Gasteiger partial charge in [-0.15, -0.1) is 0 Å². The first-order valence-electron chi connectivity index (χ1n) is 42.0. The average molecular weight is 1340 g/mol. The number of phosphoric ester groups is 1. The largest absolute Gasteiger partial charge is 0.472 e. The van der Waals surface area contributed by atoms with Crippen molar-refractivity contribution >= 4 is 13.7 Å². The van der Waals surface area contributed by atoms with E-state index in [9.17, 15) is 19.4 Å². The van der Waals surface area contributed by atoms with Gasteiger partial charge in [0.15, 0.2) is 0 Å². The summed E-state index contributed by atoms with van der Waals surface area (Å²) in [4.78, 5) is 23.5. The lowest BCUT2D eigenvalue weighted by Gasteiger charge is -2.25. The van der Waals surface area contributed by atoms with Gasteiger partial charge in [0, 0.05) is 6.42 Å². The molecule has 0 aromatic heterocycles. The number of likely N-dealkylation sites (N-methyl/N-ethyl adjacent to an activating group) is 1. The predicted molar refractivity (Wildman–Crippen MR) is 415 cm³/mol. The Morgan fingerprint density at radius 2 is 0.606 bits per heavy atom. The second-order valence-electron chi connectivity index (χ2n) is 30.2. The normalized spacial score (nSPS) is 13.6. The van der Waals surface area contributed by atoms with Crippen LogP contribution in [0.3, 0.4) is 0 Å². The highest BCUT2D eigenvalue weighted by atomic mass is 31.2. The lowest BCUT2D eigenvalue weighted by atomic mass is 10.0. The van der Waals surface area contributed by atoms with Gasteiger partial charge in [-0.05, 0) is 57.8 Å². The van der Waals surface area contributed by atoms with Gasteiger partial charge in [-0.2, -0.15) is 0 Å². The van der Waals surface area contributed by atoms with Crippen LogP contribution in [-0.4, -0.2) is 73.4 Å². The Hall–Kier alpha value is -1.54. The maximum absolute atomic E-state index is 13.1. The molecule has 0 aliphatic heterocycles. The number of allylic oxidation sites excluding steroid dienone is 7. The van der Waals surface area contributed by atoms with Gasteiger partial charge in [-0.3, -0.25) is 13.8 Å². The molecule has 0 aliphatic rings. The maximum Gasteiger partial charge on any atom is 0.472 e. The van der Waals surface area contributed by atoms with Crippen molar-refractivity contribution < 1.29 is 32.9 Å². The minimum Gasteiger partial charge on any atom is -0.387 e. The van der Waals surface area contributed by atoms with Gasteiger partial charge >= 0.3 is 7.82 Å². The topological polar surface area (TPSA) is 105 Å². The molecule has 8 nitrogen and oxygen atoms in total. The molecule has 0 aromatic carbocycles. The average Bonchev–Trinajstić information content (AvgIpc) is 1.77. The number of nitrogens with one attached hydrogen (secondary N) is 1. The van der Waals surface area contributed by atoms with Crippen LogP contribution in [0.2, 0.25) is 0 Å². The first-order chi connectivity index (χ1) is 46.0. The van der Waals surface area contributed by atoms with Crippen LogP contribution in [0.4, 0.5) is 0 Å². The van der Waals surface area contributed by atoms with Crippen LogP contribution in [0.25, 0.3) is 0 Å². The van der Waals surface area contributed by atoms with Crippen molar-refractivity contribution in [2.75, 3.05) is 40.9 Å². The monoisotopic (exact) mass is 1340 g/mol. The number of unbranched alkanes of at least 4 members (excludes halogenated alkanes) is 60. The summed E-state index contributed by atoms with van der Waals surface area (Å²) in [5.74, 6) is -0.167. The van der Waals surface area contributed by atoms with Gasteiger partial charge in [0.25, 0.3) is 0 Å². The zero-order valence-electron chi connectivity index (χ0n) is 64.0. The number of hydrogen-bond acceptors (Lipinski definition) is 5. The van der Waals surface area contributed by atoms with Crippen molar-refractivity contribution in [2.45, 2.75) is 450 Å². The number of aliphatic hydroxyl groups is 1. The summed E-state index contributed by atoms with van der Waals surface area (Å²) >= 11 is 0. The number of carbonyl (C=O) groups is 1. The summed E-state index contributed by atoms with van der Waals surface area (Å²) in [7, 11) is 1.59. The molecule has 0 bridgehead atoms. The fourth-order valence-corrected chi connectivity index (χ4v) is 13.8. The van der Waals surface area contributed by atoms with Crippen molar-refractivity contribution in [1.29, 1.82) is 0 Å². The van der Waals surface area contributed by atoms with Gasteiger partial charge in [-0.25, -0.2) is 4.57 Å². The Morgan fingerprint density at radius 1 is 0.362 bits per heavy atom. The summed E-state index contributed by atoms with van der Waals surface area (Å²) in [6.45, 7) is 4.87. The van der Waals surface area contributed by atoms with E-state index in [0.717, 1.165) is 44.9 Å². The summed E-state index contributed by atoms with van der Waals surface area (Å²) < 4.78 is 23.9. The van der Waals surface area contributed by atoms with Crippen LogP contribution in [0.5, 0.6) is 0 Å². The molecule has 9 heteroatoms. The summed E-state index contributed by atoms with van der Waals surface area (Å²) in [5.41, 5.74) is 0. The van der Waals surface area contributed by atoms with E-state index in [-0.39, 0.29) is 19.1 Å². The summed E-state index contributed by atoms with van der Waals surface area (Å²) in [6.07, 6.45) is 105. The summed E-state index contributed by atoms with van der Waals surface area (Å²) in [5, 5.41) is 14.1. The van der Waals surface area contributed by atoms with Crippen LogP contribution in [0, 0.1) is 0 Å². The highest BCUT2D eigenvalue weighted by molar-refractivity contribution is 7.47. The number of phosphoric acid groups is 1. The molecule has 94 heavy (non-hydrogen) atoms. The third kappa shape index (κ3) is 77.8. The van der Waals surface area contributed by atoms with E-state index in [1.54, 1.807) is 6.08 Å². The van der Waals surface area contributed by atoms with Crippen molar-refractivity contribution in [2.24, 2.45) is 0 Å². The molecule has 0 saturated heterocycles. The van der Waals surface area contributed by atoms with Gasteiger partial charge in [0.05, 0.1) is 39.9 Å². The molecule has 0 rings (SSSR count). The van der Waals surface area contributed by atoms with E-state index in [1.807, 2.05) is 27.2 Å². The smallest absolute Gasteiger partial charge is 0.387 e. The highest BCUT2D eigenvalue weighted by Crippen LogP contribution is 2.43. The number of amides is 1. The number of rotatable bonds is 79. The molecule has 3 atom stereocenters. The number of hydrogen-bond donors (Lipinski definition) is 3. The van der Waals surface area contributed by atoms with E-state index >= 15 is 0 Å². The third-order valence-corrected chi connectivity index (χ3v) is 20.5. The number of aliphatic hydroxyl groups excluding tert-OH is 1. The van der Waals surface area contributed by atoms with E-state index in [2.05, 4.69) is 55.6 Å². The minimum atomic E-state index is -4.36. The quantitative estimate of drug-likeness (QED) is 0.0243. The van der Waals surface area contributed by atoms with E-state index in [0.29, 0.717) is 17.4 Å². The zero-order valence-corrected chi connectivity index (χ0v) is 64.9. The molecule has 0 aliphatic carbocycles. The van der Waals surface area contributed by atoms with E-state index in [1.165, 1.54) is 372 Å². The van der Waals surface area contributed by atoms with Gasteiger partial charge < -0.3 is 19.8 Å². The van der Waals surface area contributed by atoms with Crippen molar-refractivity contribution in [3.05, 3.63) is 48.6 Å². The molecule has 1 amide bonds. The van der Waals surface area contributed by atoms with Crippen LogP contribution < -0.4 is 5.32 Å². The second kappa shape index (κ2) is 75.7. The molecule has 556 valence electrons.